The summed E-state index contributed by atoms with van der Waals surface area (Å²) in [5.74, 6) is 7.75. The van der Waals surface area contributed by atoms with E-state index in [-0.39, 0.29) is 5.82 Å². The zero-order chi connectivity index (χ0) is 21.9. The van der Waals surface area contributed by atoms with Crippen LogP contribution in [0.15, 0.2) is 55.1 Å². The summed E-state index contributed by atoms with van der Waals surface area (Å²) in [6.07, 6.45) is 15.8. The third kappa shape index (κ3) is 7.70. The van der Waals surface area contributed by atoms with Gasteiger partial charge in [0.05, 0.1) is 5.56 Å². The van der Waals surface area contributed by atoms with Gasteiger partial charge < -0.3 is 0 Å². The Hall–Kier alpha value is -2.33. The van der Waals surface area contributed by atoms with Gasteiger partial charge in [-0.05, 0) is 72.9 Å². The molecule has 31 heavy (non-hydrogen) atoms. The molecule has 1 heteroatoms. The molecular formula is C30H37F. The van der Waals surface area contributed by atoms with Crippen LogP contribution in [0.3, 0.4) is 0 Å². The minimum atomic E-state index is -0.241. The van der Waals surface area contributed by atoms with Gasteiger partial charge in [0.2, 0.25) is 0 Å². The Balaban J connectivity index is 1.47. The molecule has 0 amide bonds. The van der Waals surface area contributed by atoms with Crippen molar-refractivity contribution in [3.05, 3.63) is 83.2 Å². The third-order valence-electron chi connectivity index (χ3n) is 6.74. The molecule has 0 saturated heterocycles. The second-order valence-electron chi connectivity index (χ2n) is 9.16. The predicted molar refractivity (Wildman–Crippen MR) is 131 cm³/mol. The summed E-state index contributed by atoms with van der Waals surface area (Å²) in [5.41, 5.74) is 3.77. The smallest absolute Gasteiger partial charge is 0.139 e. The fourth-order valence-electron chi connectivity index (χ4n) is 4.65. The van der Waals surface area contributed by atoms with Gasteiger partial charge >= 0.3 is 0 Å². The molecule has 164 valence electrons. The minimum Gasteiger partial charge on any atom is -0.206 e. The maximum absolute atomic E-state index is 14.3. The van der Waals surface area contributed by atoms with Crippen LogP contribution < -0.4 is 0 Å². The summed E-state index contributed by atoms with van der Waals surface area (Å²) in [6, 6.07) is 13.8. The lowest BCUT2D eigenvalue weighted by molar-refractivity contribution is 0.250. The van der Waals surface area contributed by atoms with Crippen LogP contribution in [0.2, 0.25) is 0 Å². The van der Waals surface area contributed by atoms with E-state index in [4.69, 9.17) is 0 Å². The molecule has 0 heterocycles. The molecule has 0 radical (unpaired) electrons. The normalized spacial score (nSPS) is 18.3. The Morgan fingerprint density at radius 3 is 2.23 bits per heavy atom. The van der Waals surface area contributed by atoms with Crippen molar-refractivity contribution in [3.63, 3.8) is 0 Å². The zero-order valence-corrected chi connectivity index (χ0v) is 19.1. The van der Waals surface area contributed by atoms with Crippen molar-refractivity contribution < 1.29 is 4.39 Å². The second kappa shape index (κ2) is 12.5. The first-order valence-corrected chi connectivity index (χ1v) is 12.2. The number of hydrogen-bond acceptors (Lipinski definition) is 0. The van der Waals surface area contributed by atoms with Gasteiger partial charge in [-0.2, -0.15) is 0 Å². The van der Waals surface area contributed by atoms with Crippen LogP contribution >= 0.6 is 0 Å². The Morgan fingerprint density at radius 2 is 1.58 bits per heavy atom. The zero-order valence-electron chi connectivity index (χ0n) is 19.1. The van der Waals surface area contributed by atoms with Gasteiger partial charge in [0, 0.05) is 5.56 Å². The van der Waals surface area contributed by atoms with E-state index >= 15 is 0 Å². The lowest BCUT2D eigenvalue weighted by Gasteiger charge is -2.28. The number of allylic oxidation sites excluding steroid dienone is 1. The van der Waals surface area contributed by atoms with Gasteiger partial charge in [0.15, 0.2) is 0 Å². The highest BCUT2D eigenvalue weighted by Crippen LogP contribution is 2.34. The molecule has 0 aromatic heterocycles. The third-order valence-corrected chi connectivity index (χ3v) is 6.74. The van der Waals surface area contributed by atoms with E-state index in [9.17, 15) is 4.39 Å². The van der Waals surface area contributed by atoms with E-state index in [0.29, 0.717) is 5.56 Å². The van der Waals surface area contributed by atoms with Crippen molar-refractivity contribution in [2.45, 2.75) is 77.6 Å². The fraction of sp³-hybridized carbons (Fsp3) is 0.467. The van der Waals surface area contributed by atoms with E-state index in [1.165, 1.54) is 56.9 Å². The molecular weight excluding hydrogens is 379 g/mol. The molecule has 1 aliphatic carbocycles. The summed E-state index contributed by atoms with van der Waals surface area (Å²) in [6.45, 7) is 6.01. The molecule has 0 aliphatic heterocycles. The van der Waals surface area contributed by atoms with Gasteiger partial charge in [0.1, 0.15) is 5.82 Å². The van der Waals surface area contributed by atoms with Crippen molar-refractivity contribution in [1.82, 2.24) is 0 Å². The number of unbranched alkanes of at least 4 members (excludes halogenated alkanes) is 1. The summed E-state index contributed by atoms with van der Waals surface area (Å²) < 4.78 is 14.3. The molecule has 0 unspecified atom stereocenters. The average molecular weight is 417 g/mol. The number of rotatable bonds is 9. The molecule has 0 bridgehead atoms. The molecule has 1 aliphatic rings. The molecule has 2 aromatic carbocycles. The number of hydrogen-bond donors (Lipinski definition) is 0. The molecule has 0 N–H and O–H groups in total. The number of halogens is 1. The van der Waals surface area contributed by atoms with Gasteiger partial charge in [0.25, 0.3) is 0 Å². The van der Waals surface area contributed by atoms with Gasteiger partial charge in [-0.25, -0.2) is 4.39 Å². The largest absolute Gasteiger partial charge is 0.206 e. The first-order chi connectivity index (χ1) is 15.2. The Labute approximate surface area is 189 Å². The van der Waals surface area contributed by atoms with E-state index in [1.807, 2.05) is 12.1 Å². The number of aryl methyl sites for hydroxylation is 2. The van der Waals surface area contributed by atoms with Gasteiger partial charge in [-0.15, -0.1) is 6.58 Å². The molecule has 1 saturated carbocycles. The van der Waals surface area contributed by atoms with Crippen LogP contribution in [0.1, 0.15) is 87.0 Å². The highest BCUT2D eigenvalue weighted by molar-refractivity contribution is 5.44. The molecule has 0 atom stereocenters. The summed E-state index contributed by atoms with van der Waals surface area (Å²) in [4.78, 5) is 0. The van der Waals surface area contributed by atoms with E-state index in [0.717, 1.165) is 42.2 Å². The monoisotopic (exact) mass is 416 g/mol. The van der Waals surface area contributed by atoms with E-state index < -0.39 is 0 Å². The molecule has 0 spiro atoms. The van der Waals surface area contributed by atoms with E-state index in [1.54, 1.807) is 12.1 Å². The average Bonchev–Trinajstić information content (AvgIpc) is 2.81. The maximum atomic E-state index is 14.3. The molecule has 2 aromatic rings. The maximum Gasteiger partial charge on any atom is 0.139 e. The first kappa shape index (κ1) is 23.3. The summed E-state index contributed by atoms with van der Waals surface area (Å²) in [7, 11) is 0. The molecule has 3 rings (SSSR count). The lowest BCUT2D eigenvalue weighted by Crippen LogP contribution is -2.15. The minimum absolute atomic E-state index is 0.241. The lowest BCUT2D eigenvalue weighted by atomic mass is 9.78. The van der Waals surface area contributed by atoms with Crippen LogP contribution in [-0.4, -0.2) is 0 Å². The highest BCUT2D eigenvalue weighted by atomic mass is 19.1. The van der Waals surface area contributed by atoms with Crippen LogP contribution in [0.4, 0.5) is 4.39 Å². The topological polar surface area (TPSA) is 0 Å². The summed E-state index contributed by atoms with van der Waals surface area (Å²) in [5, 5.41) is 0. The quantitative estimate of drug-likeness (QED) is 0.285. The van der Waals surface area contributed by atoms with Gasteiger partial charge in [-0.3, -0.25) is 0 Å². The summed E-state index contributed by atoms with van der Waals surface area (Å²) >= 11 is 0. The fourth-order valence-corrected chi connectivity index (χ4v) is 4.65. The first-order valence-electron chi connectivity index (χ1n) is 12.2. The van der Waals surface area contributed by atoms with Gasteiger partial charge in [-0.1, -0.05) is 88.0 Å². The predicted octanol–water partition coefficient (Wildman–Crippen LogP) is 8.27. The van der Waals surface area contributed by atoms with Crippen molar-refractivity contribution in [1.29, 1.82) is 0 Å². The van der Waals surface area contributed by atoms with Crippen molar-refractivity contribution >= 4 is 0 Å². The highest BCUT2D eigenvalue weighted by Gasteiger charge is 2.20. The standard InChI is InChI=1S/C30H37F/c1-3-5-7-24-9-11-25(12-10-24)13-14-26-15-17-27(18-16-26)19-21-29-22-20-28(8-6-4-2)23-30(29)31/h4,15-18,20,22-25H,2-3,5-14H2,1H3. The van der Waals surface area contributed by atoms with Crippen LogP contribution in [0, 0.1) is 29.5 Å². The second-order valence-corrected chi connectivity index (χ2v) is 9.16. The van der Waals surface area contributed by atoms with Crippen LogP contribution in [-0.2, 0) is 12.8 Å². The van der Waals surface area contributed by atoms with Crippen LogP contribution in [0.25, 0.3) is 0 Å². The van der Waals surface area contributed by atoms with Crippen LogP contribution in [0.5, 0.6) is 0 Å². The molecule has 1 fully saturated rings. The SMILES string of the molecule is C=CCCc1ccc(C#Cc2ccc(CCC3CCC(CCCC)CC3)cc2)c(F)c1. The Kier molecular flexibility index (Phi) is 9.41. The number of benzene rings is 2. The Morgan fingerprint density at radius 1 is 0.903 bits per heavy atom. The Bertz CT molecular complexity index is 873. The van der Waals surface area contributed by atoms with E-state index in [2.05, 4.69) is 49.6 Å². The van der Waals surface area contributed by atoms with Crippen molar-refractivity contribution in [2.75, 3.05) is 0 Å². The molecule has 0 nitrogen and oxygen atoms in total. The van der Waals surface area contributed by atoms with Crippen molar-refractivity contribution in [3.8, 4) is 11.8 Å². The van der Waals surface area contributed by atoms with Crippen molar-refractivity contribution in [2.24, 2.45) is 11.8 Å².